The van der Waals surface area contributed by atoms with Gasteiger partial charge in [0.2, 0.25) is 0 Å². The summed E-state index contributed by atoms with van der Waals surface area (Å²) in [5.41, 5.74) is 0. The van der Waals surface area contributed by atoms with E-state index in [0.717, 1.165) is 25.0 Å². The summed E-state index contributed by atoms with van der Waals surface area (Å²) in [6, 6.07) is 1.43. The number of hydrogen-bond acceptors (Lipinski definition) is 2. The molecule has 2 saturated heterocycles. The van der Waals surface area contributed by atoms with Crippen molar-refractivity contribution in [2.75, 3.05) is 13.2 Å². The first kappa shape index (κ1) is 10.4. The third-order valence-electron chi connectivity index (χ3n) is 3.81. The lowest BCUT2D eigenvalue weighted by atomic mass is 9.76. The van der Waals surface area contributed by atoms with Gasteiger partial charge in [0.25, 0.3) is 0 Å². The van der Waals surface area contributed by atoms with Crippen LogP contribution in [-0.4, -0.2) is 25.3 Å². The van der Waals surface area contributed by atoms with E-state index in [-0.39, 0.29) is 0 Å². The second kappa shape index (κ2) is 4.63. The van der Waals surface area contributed by atoms with Crippen molar-refractivity contribution in [3.8, 4) is 0 Å². The van der Waals surface area contributed by atoms with E-state index in [2.05, 4.69) is 19.2 Å². The summed E-state index contributed by atoms with van der Waals surface area (Å²) in [5.74, 6) is 1.89. The van der Waals surface area contributed by atoms with Gasteiger partial charge in [-0.15, -0.1) is 0 Å². The van der Waals surface area contributed by atoms with Gasteiger partial charge in [-0.1, -0.05) is 0 Å². The molecule has 0 amide bonds. The molecular weight excluding hydrogens is 174 g/mol. The topological polar surface area (TPSA) is 21.3 Å². The number of ether oxygens (including phenoxy) is 1. The van der Waals surface area contributed by atoms with Crippen molar-refractivity contribution in [2.45, 2.75) is 51.6 Å². The minimum atomic E-state index is 0.714. The molecule has 0 bridgehead atoms. The number of nitrogens with one attached hydrogen (secondary N) is 1. The van der Waals surface area contributed by atoms with Crippen molar-refractivity contribution in [3.05, 3.63) is 0 Å². The highest BCUT2D eigenvalue weighted by Crippen LogP contribution is 2.33. The first-order valence-corrected chi connectivity index (χ1v) is 6.09. The minimum Gasteiger partial charge on any atom is -0.381 e. The summed E-state index contributed by atoms with van der Waals surface area (Å²) in [6.45, 7) is 6.64. The van der Waals surface area contributed by atoms with Crippen LogP contribution in [0.3, 0.4) is 0 Å². The molecule has 2 heterocycles. The number of piperidine rings is 1. The Morgan fingerprint density at radius 3 is 2.07 bits per heavy atom. The van der Waals surface area contributed by atoms with Crippen LogP contribution in [0, 0.1) is 11.8 Å². The van der Waals surface area contributed by atoms with Crippen molar-refractivity contribution in [2.24, 2.45) is 11.8 Å². The Kier molecular flexibility index (Phi) is 3.45. The van der Waals surface area contributed by atoms with Crippen LogP contribution in [0.5, 0.6) is 0 Å². The lowest BCUT2D eigenvalue weighted by Gasteiger charge is -2.38. The van der Waals surface area contributed by atoms with Crippen molar-refractivity contribution in [1.82, 2.24) is 5.32 Å². The standard InChI is InChI=1S/C12H23NO/c1-9-7-12(8-10(2)13-9)11-3-5-14-6-4-11/h9-13H,3-8H2,1-2H3. The minimum absolute atomic E-state index is 0.714. The summed E-state index contributed by atoms with van der Waals surface area (Å²) in [4.78, 5) is 0. The molecule has 0 aromatic heterocycles. The molecule has 2 heteroatoms. The molecule has 82 valence electrons. The first-order chi connectivity index (χ1) is 6.75. The Morgan fingerprint density at radius 1 is 0.929 bits per heavy atom. The molecule has 0 aliphatic carbocycles. The van der Waals surface area contributed by atoms with Crippen LogP contribution >= 0.6 is 0 Å². The van der Waals surface area contributed by atoms with Crippen molar-refractivity contribution in [3.63, 3.8) is 0 Å². The molecule has 0 aromatic rings. The Balaban J connectivity index is 1.88. The van der Waals surface area contributed by atoms with Crippen molar-refractivity contribution < 1.29 is 4.74 Å². The summed E-state index contributed by atoms with van der Waals surface area (Å²) >= 11 is 0. The maximum absolute atomic E-state index is 5.43. The number of hydrogen-bond donors (Lipinski definition) is 1. The second-order valence-electron chi connectivity index (χ2n) is 5.15. The number of rotatable bonds is 1. The average molecular weight is 197 g/mol. The van der Waals surface area contributed by atoms with E-state index in [1.165, 1.54) is 25.7 Å². The lowest BCUT2D eigenvalue weighted by molar-refractivity contribution is 0.0336. The third-order valence-corrected chi connectivity index (χ3v) is 3.81. The van der Waals surface area contributed by atoms with Gasteiger partial charge in [0, 0.05) is 25.3 Å². The predicted molar refractivity (Wildman–Crippen MR) is 58.3 cm³/mol. The SMILES string of the molecule is CC1CC(C2CCOCC2)CC(C)N1. The van der Waals surface area contributed by atoms with Crippen LogP contribution in [0.2, 0.25) is 0 Å². The summed E-state index contributed by atoms with van der Waals surface area (Å²) in [6.07, 6.45) is 5.33. The summed E-state index contributed by atoms with van der Waals surface area (Å²) in [7, 11) is 0. The molecule has 2 aliphatic rings. The van der Waals surface area contributed by atoms with Gasteiger partial charge >= 0.3 is 0 Å². The van der Waals surface area contributed by atoms with Gasteiger partial charge in [0.1, 0.15) is 0 Å². The molecule has 2 fully saturated rings. The monoisotopic (exact) mass is 197 g/mol. The predicted octanol–water partition coefficient (Wildman–Crippen LogP) is 2.19. The van der Waals surface area contributed by atoms with Crippen LogP contribution in [0.1, 0.15) is 39.5 Å². The molecule has 1 N–H and O–H groups in total. The fraction of sp³-hybridized carbons (Fsp3) is 1.00. The fourth-order valence-corrected chi connectivity index (χ4v) is 3.20. The van der Waals surface area contributed by atoms with Crippen molar-refractivity contribution >= 4 is 0 Å². The van der Waals surface area contributed by atoms with Gasteiger partial charge in [-0.05, 0) is 51.4 Å². The van der Waals surface area contributed by atoms with Gasteiger partial charge in [-0.2, -0.15) is 0 Å². The zero-order valence-electron chi connectivity index (χ0n) is 9.46. The van der Waals surface area contributed by atoms with E-state index in [0.29, 0.717) is 12.1 Å². The Bertz CT molecular complexity index is 167. The zero-order valence-corrected chi connectivity index (χ0v) is 9.46. The van der Waals surface area contributed by atoms with Crippen LogP contribution in [0.4, 0.5) is 0 Å². The van der Waals surface area contributed by atoms with E-state index < -0.39 is 0 Å². The van der Waals surface area contributed by atoms with Crippen LogP contribution in [0.25, 0.3) is 0 Å². The largest absolute Gasteiger partial charge is 0.381 e. The second-order valence-corrected chi connectivity index (χ2v) is 5.15. The van der Waals surface area contributed by atoms with Gasteiger partial charge in [0.15, 0.2) is 0 Å². The van der Waals surface area contributed by atoms with E-state index in [4.69, 9.17) is 4.74 Å². The van der Waals surface area contributed by atoms with Gasteiger partial charge in [-0.3, -0.25) is 0 Å². The zero-order chi connectivity index (χ0) is 9.97. The highest BCUT2D eigenvalue weighted by atomic mass is 16.5. The van der Waals surface area contributed by atoms with E-state index >= 15 is 0 Å². The van der Waals surface area contributed by atoms with Crippen LogP contribution in [-0.2, 0) is 4.74 Å². The van der Waals surface area contributed by atoms with Gasteiger partial charge in [0.05, 0.1) is 0 Å². The molecule has 0 spiro atoms. The molecular formula is C12H23NO. The van der Waals surface area contributed by atoms with Crippen LogP contribution in [0.15, 0.2) is 0 Å². The summed E-state index contributed by atoms with van der Waals surface area (Å²) in [5, 5.41) is 3.62. The molecule has 0 aromatic carbocycles. The third kappa shape index (κ3) is 2.48. The molecule has 2 unspecified atom stereocenters. The highest BCUT2D eigenvalue weighted by molar-refractivity contribution is 4.85. The lowest BCUT2D eigenvalue weighted by Crippen LogP contribution is -2.44. The highest BCUT2D eigenvalue weighted by Gasteiger charge is 2.30. The van der Waals surface area contributed by atoms with Crippen molar-refractivity contribution in [1.29, 1.82) is 0 Å². The van der Waals surface area contributed by atoms with E-state index in [9.17, 15) is 0 Å². The molecule has 0 radical (unpaired) electrons. The smallest absolute Gasteiger partial charge is 0.0468 e. The Morgan fingerprint density at radius 2 is 1.50 bits per heavy atom. The van der Waals surface area contributed by atoms with E-state index in [1.807, 2.05) is 0 Å². The molecule has 0 saturated carbocycles. The Labute approximate surface area is 87.4 Å². The van der Waals surface area contributed by atoms with E-state index in [1.54, 1.807) is 0 Å². The first-order valence-electron chi connectivity index (χ1n) is 6.09. The average Bonchev–Trinajstić information content (AvgIpc) is 2.18. The molecule has 2 aliphatic heterocycles. The molecule has 2 nitrogen and oxygen atoms in total. The molecule has 2 atom stereocenters. The quantitative estimate of drug-likeness (QED) is 0.696. The molecule has 14 heavy (non-hydrogen) atoms. The fourth-order valence-electron chi connectivity index (χ4n) is 3.20. The maximum Gasteiger partial charge on any atom is 0.0468 e. The van der Waals surface area contributed by atoms with Gasteiger partial charge < -0.3 is 10.1 Å². The normalized spacial score (nSPS) is 41.1. The summed E-state index contributed by atoms with van der Waals surface area (Å²) < 4.78 is 5.43. The maximum atomic E-state index is 5.43. The Hall–Kier alpha value is -0.0800. The van der Waals surface area contributed by atoms with Gasteiger partial charge in [-0.25, -0.2) is 0 Å². The molecule has 2 rings (SSSR count). The van der Waals surface area contributed by atoms with Crippen LogP contribution < -0.4 is 5.32 Å².